The van der Waals surface area contributed by atoms with Crippen molar-refractivity contribution >= 4 is 21.6 Å². The van der Waals surface area contributed by atoms with E-state index in [-0.39, 0.29) is 0 Å². The molecule has 2 aromatic rings. The van der Waals surface area contributed by atoms with Crippen molar-refractivity contribution in [3.05, 3.63) is 28.9 Å². The minimum absolute atomic E-state index is 0.629. The second-order valence-electron chi connectivity index (χ2n) is 6.18. The van der Waals surface area contributed by atoms with E-state index >= 15 is 0 Å². The molecule has 3 rings (SSSR count). The largest absolute Gasteiger partial charge is 0.308 e. The molecule has 1 fully saturated rings. The van der Waals surface area contributed by atoms with Gasteiger partial charge in [-0.3, -0.25) is 4.40 Å². The van der Waals surface area contributed by atoms with Crippen molar-refractivity contribution in [1.82, 2.24) is 19.7 Å². The van der Waals surface area contributed by atoms with Crippen molar-refractivity contribution in [1.29, 1.82) is 0 Å². The number of rotatable bonds is 3. The molecule has 0 saturated heterocycles. The summed E-state index contributed by atoms with van der Waals surface area (Å²) in [6, 6.07) is 0.629. The summed E-state index contributed by atoms with van der Waals surface area (Å²) in [5.74, 6) is 1.66. The zero-order valence-electron chi connectivity index (χ0n) is 12.0. The van der Waals surface area contributed by atoms with E-state index < -0.39 is 0 Å². The summed E-state index contributed by atoms with van der Waals surface area (Å²) in [6.07, 6.45) is 9.64. The number of nitrogens with zero attached hydrogens (tertiary/aromatic N) is 3. The van der Waals surface area contributed by atoms with Crippen LogP contribution in [0.1, 0.15) is 38.8 Å². The fourth-order valence-electron chi connectivity index (χ4n) is 3.41. The first-order valence-corrected chi connectivity index (χ1v) is 8.12. The van der Waals surface area contributed by atoms with Crippen molar-refractivity contribution < 1.29 is 0 Å². The van der Waals surface area contributed by atoms with Crippen LogP contribution in [0, 0.1) is 11.8 Å². The normalized spacial score (nSPS) is 27.1. The Bertz CT molecular complexity index is 585. The van der Waals surface area contributed by atoms with Crippen LogP contribution in [0.4, 0.5) is 0 Å². The Morgan fingerprint density at radius 2 is 1.95 bits per heavy atom. The van der Waals surface area contributed by atoms with Crippen molar-refractivity contribution in [2.24, 2.45) is 11.8 Å². The first kappa shape index (κ1) is 14.0. The molecule has 2 heterocycles. The lowest BCUT2D eigenvalue weighted by Gasteiger charge is -2.32. The van der Waals surface area contributed by atoms with Gasteiger partial charge < -0.3 is 5.32 Å². The van der Waals surface area contributed by atoms with Crippen LogP contribution >= 0.6 is 15.9 Å². The molecule has 2 unspecified atom stereocenters. The predicted octanol–water partition coefficient (Wildman–Crippen LogP) is 3.41. The molecule has 0 radical (unpaired) electrons. The molecule has 1 aliphatic rings. The van der Waals surface area contributed by atoms with Crippen LogP contribution in [-0.4, -0.2) is 20.4 Å². The lowest BCUT2D eigenvalue weighted by Crippen LogP contribution is -2.36. The fraction of sp³-hybridized carbons (Fsp3) is 0.600. The number of halogens is 1. The van der Waals surface area contributed by atoms with Gasteiger partial charge in [-0.1, -0.05) is 13.8 Å². The van der Waals surface area contributed by atoms with Gasteiger partial charge in [-0.2, -0.15) is 0 Å². The van der Waals surface area contributed by atoms with Gasteiger partial charge in [0.1, 0.15) is 4.60 Å². The number of hydrogen-bond acceptors (Lipinski definition) is 3. The third-order valence-electron chi connectivity index (χ3n) is 4.19. The quantitative estimate of drug-likeness (QED) is 0.933. The van der Waals surface area contributed by atoms with Gasteiger partial charge in [-0.15, -0.1) is 0 Å². The molecular weight excluding hydrogens is 316 g/mol. The molecule has 1 saturated carbocycles. The zero-order valence-corrected chi connectivity index (χ0v) is 13.6. The van der Waals surface area contributed by atoms with E-state index in [0.29, 0.717) is 6.04 Å². The maximum Gasteiger partial charge on any atom is 0.155 e. The molecule has 0 aliphatic heterocycles. The molecule has 0 spiro atoms. The topological polar surface area (TPSA) is 42.2 Å². The highest BCUT2D eigenvalue weighted by molar-refractivity contribution is 9.10. The first-order chi connectivity index (χ1) is 9.61. The second-order valence-corrected chi connectivity index (χ2v) is 7.00. The monoisotopic (exact) mass is 336 g/mol. The molecule has 2 aromatic heterocycles. The van der Waals surface area contributed by atoms with E-state index in [1.54, 1.807) is 6.20 Å². The molecule has 108 valence electrons. The van der Waals surface area contributed by atoms with Gasteiger partial charge in [0.2, 0.25) is 0 Å². The van der Waals surface area contributed by atoms with E-state index in [1.165, 1.54) is 25.0 Å². The van der Waals surface area contributed by atoms with E-state index in [9.17, 15) is 0 Å². The van der Waals surface area contributed by atoms with E-state index in [4.69, 9.17) is 0 Å². The van der Waals surface area contributed by atoms with Crippen molar-refractivity contribution in [2.45, 2.75) is 45.7 Å². The molecule has 4 nitrogen and oxygen atoms in total. The van der Waals surface area contributed by atoms with Crippen LogP contribution in [-0.2, 0) is 6.54 Å². The smallest absolute Gasteiger partial charge is 0.155 e. The molecular formula is C15H21BrN4. The molecule has 0 bridgehead atoms. The summed E-state index contributed by atoms with van der Waals surface area (Å²) in [4.78, 5) is 8.60. The molecule has 1 N–H and O–H groups in total. The van der Waals surface area contributed by atoms with Gasteiger partial charge in [0.05, 0.1) is 18.1 Å². The summed E-state index contributed by atoms with van der Waals surface area (Å²) in [5, 5.41) is 3.70. The minimum atomic E-state index is 0.629. The molecule has 2 atom stereocenters. The predicted molar refractivity (Wildman–Crippen MR) is 83.5 cm³/mol. The Morgan fingerprint density at radius 1 is 1.20 bits per heavy atom. The molecule has 1 aliphatic carbocycles. The van der Waals surface area contributed by atoms with Crippen LogP contribution in [0.5, 0.6) is 0 Å². The Morgan fingerprint density at radius 3 is 2.70 bits per heavy atom. The Balaban J connectivity index is 1.69. The number of fused-ring (bicyclic) bond motifs is 1. The Labute approximate surface area is 128 Å². The SMILES string of the molecule is CC1CC(C)CC(NCc2cnc3cnc(Br)cn23)C1. The van der Waals surface area contributed by atoms with Crippen molar-refractivity contribution in [2.75, 3.05) is 0 Å². The van der Waals surface area contributed by atoms with Gasteiger partial charge in [-0.05, 0) is 47.0 Å². The van der Waals surface area contributed by atoms with Crippen LogP contribution in [0.25, 0.3) is 5.65 Å². The lowest BCUT2D eigenvalue weighted by molar-refractivity contribution is 0.237. The zero-order chi connectivity index (χ0) is 14.1. The average Bonchev–Trinajstić information content (AvgIpc) is 2.77. The van der Waals surface area contributed by atoms with Crippen LogP contribution in [0.2, 0.25) is 0 Å². The van der Waals surface area contributed by atoms with E-state index in [2.05, 4.69) is 49.5 Å². The molecule has 0 aromatic carbocycles. The van der Waals surface area contributed by atoms with Crippen LogP contribution in [0.15, 0.2) is 23.2 Å². The highest BCUT2D eigenvalue weighted by atomic mass is 79.9. The number of nitrogens with one attached hydrogen (secondary N) is 1. The second kappa shape index (κ2) is 5.82. The highest BCUT2D eigenvalue weighted by Crippen LogP contribution is 2.28. The van der Waals surface area contributed by atoms with Crippen LogP contribution in [0.3, 0.4) is 0 Å². The minimum Gasteiger partial charge on any atom is -0.308 e. The van der Waals surface area contributed by atoms with Crippen molar-refractivity contribution in [3.8, 4) is 0 Å². The highest BCUT2D eigenvalue weighted by Gasteiger charge is 2.23. The lowest BCUT2D eigenvalue weighted by atomic mass is 9.80. The van der Waals surface area contributed by atoms with Crippen molar-refractivity contribution in [3.63, 3.8) is 0 Å². The first-order valence-electron chi connectivity index (χ1n) is 7.32. The summed E-state index contributed by atoms with van der Waals surface area (Å²) >= 11 is 3.41. The van der Waals surface area contributed by atoms with Gasteiger partial charge in [-0.25, -0.2) is 9.97 Å². The summed E-state index contributed by atoms with van der Waals surface area (Å²) in [5.41, 5.74) is 2.09. The summed E-state index contributed by atoms with van der Waals surface area (Å²) in [7, 11) is 0. The maximum absolute atomic E-state index is 4.39. The van der Waals surface area contributed by atoms with E-state index in [1.807, 2.05) is 12.4 Å². The summed E-state index contributed by atoms with van der Waals surface area (Å²) in [6.45, 7) is 5.59. The van der Waals surface area contributed by atoms with Gasteiger partial charge in [0.25, 0.3) is 0 Å². The fourth-order valence-corrected chi connectivity index (χ4v) is 3.72. The summed E-state index contributed by atoms with van der Waals surface area (Å²) < 4.78 is 2.93. The third kappa shape index (κ3) is 3.04. The number of aromatic nitrogens is 3. The van der Waals surface area contributed by atoms with Gasteiger partial charge in [0, 0.05) is 18.8 Å². The molecule has 20 heavy (non-hydrogen) atoms. The molecule has 5 heteroatoms. The number of hydrogen-bond donors (Lipinski definition) is 1. The van der Waals surface area contributed by atoms with E-state index in [0.717, 1.165) is 28.6 Å². The molecule has 0 amide bonds. The van der Waals surface area contributed by atoms with Gasteiger partial charge >= 0.3 is 0 Å². The number of imidazole rings is 1. The van der Waals surface area contributed by atoms with Crippen LogP contribution < -0.4 is 5.32 Å². The Kier molecular flexibility index (Phi) is 4.08. The average molecular weight is 337 g/mol. The maximum atomic E-state index is 4.39. The Hall–Kier alpha value is -0.940. The third-order valence-corrected chi connectivity index (χ3v) is 4.60. The standard InChI is InChI=1S/C15H21BrN4/c1-10-3-11(2)5-12(4-10)17-6-13-7-19-15-8-18-14(16)9-20(13)15/h7-12,17H,3-6H2,1-2H3. The van der Waals surface area contributed by atoms with Gasteiger partial charge in [0.15, 0.2) is 5.65 Å².